The van der Waals surface area contributed by atoms with Crippen LogP contribution in [0.3, 0.4) is 0 Å². The molecular formula is C14H19NO. The van der Waals surface area contributed by atoms with Gasteiger partial charge in [-0.25, -0.2) is 0 Å². The molecule has 16 heavy (non-hydrogen) atoms. The van der Waals surface area contributed by atoms with Gasteiger partial charge in [-0.3, -0.25) is 4.79 Å². The molecule has 1 aliphatic heterocycles. The van der Waals surface area contributed by atoms with Crippen molar-refractivity contribution in [2.45, 2.75) is 20.8 Å². The largest absolute Gasteiger partial charge is 0.316 e. The summed E-state index contributed by atoms with van der Waals surface area (Å²) in [5, 5.41) is 3.22. The number of aryl methyl sites for hydroxylation is 2. The maximum Gasteiger partial charge on any atom is 0.166 e. The molecule has 2 rings (SSSR count). The van der Waals surface area contributed by atoms with E-state index in [0.29, 0.717) is 11.7 Å². The molecule has 0 saturated carbocycles. The van der Waals surface area contributed by atoms with Gasteiger partial charge in [-0.1, -0.05) is 24.6 Å². The highest BCUT2D eigenvalue weighted by Gasteiger charge is 2.29. The second kappa shape index (κ2) is 4.38. The van der Waals surface area contributed by atoms with Crippen LogP contribution in [0.25, 0.3) is 0 Å². The summed E-state index contributed by atoms with van der Waals surface area (Å²) in [7, 11) is 0. The van der Waals surface area contributed by atoms with Crippen LogP contribution >= 0.6 is 0 Å². The van der Waals surface area contributed by atoms with Gasteiger partial charge in [-0.15, -0.1) is 0 Å². The summed E-state index contributed by atoms with van der Waals surface area (Å²) in [6.07, 6.45) is 0. The predicted octanol–water partition coefficient (Wildman–Crippen LogP) is 2.34. The summed E-state index contributed by atoms with van der Waals surface area (Å²) in [5.74, 6) is 0.960. The third-order valence-electron chi connectivity index (χ3n) is 3.59. The number of Topliss-reactive ketones (excluding diaryl/α,β-unsaturated/α-hetero) is 1. The SMILES string of the molecule is Cc1ccc(C)c(C(=O)C(C)C2CNC2)c1. The molecule has 1 saturated heterocycles. The molecule has 1 atom stereocenters. The monoisotopic (exact) mass is 217 g/mol. The first-order valence-corrected chi connectivity index (χ1v) is 5.92. The topological polar surface area (TPSA) is 29.1 Å². The molecule has 2 heteroatoms. The van der Waals surface area contributed by atoms with Crippen LogP contribution in [-0.2, 0) is 0 Å². The summed E-state index contributed by atoms with van der Waals surface area (Å²) in [6, 6.07) is 6.11. The Morgan fingerprint density at radius 1 is 1.38 bits per heavy atom. The van der Waals surface area contributed by atoms with Crippen LogP contribution in [0.1, 0.15) is 28.4 Å². The fourth-order valence-electron chi connectivity index (χ4n) is 2.13. The van der Waals surface area contributed by atoms with E-state index in [1.54, 1.807) is 0 Å². The standard InChI is InChI=1S/C14H19NO/c1-9-4-5-10(2)13(6-9)14(16)11(3)12-7-15-8-12/h4-6,11-12,15H,7-8H2,1-3H3. The Hall–Kier alpha value is -1.15. The molecule has 86 valence electrons. The van der Waals surface area contributed by atoms with Crippen molar-refractivity contribution < 1.29 is 4.79 Å². The van der Waals surface area contributed by atoms with Crippen LogP contribution in [0.2, 0.25) is 0 Å². The van der Waals surface area contributed by atoms with Gasteiger partial charge in [0.15, 0.2) is 5.78 Å². The van der Waals surface area contributed by atoms with Gasteiger partial charge in [0, 0.05) is 11.5 Å². The Bertz CT molecular complexity index is 407. The van der Waals surface area contributed by atoms with Gasteiger partial charge >= 0.3 is 0 Å². The van der Waals surface area contributed by atoms with E-state index in [-0.39, 0.29) is 5.92 Å². The molecule has 1 aliphatic rings. The van der Waals surface area contributed by atoms with E-state index in [0.717, 1.165) is 29.8 Å². The number of carbonyl (C=O) groups is 1. The van der Waals surface area contributed by atoms with Crippen molar-refractivity contribution in [3.8, 4) is 0 Å². The molecule has 1 aromatic rings. The molecule has 1 N–H and O–H groups in total. The Morgan fingerprint density at radius 3 is 2.62 bits per heavy atom. The van der Waals surface area contributed by atoms with Crippen molar-refractivity contribution >= 4 is 5.78 Å². The highest BCUT2D eigenvalue weighted by molar-refractivity contribution is 5.99. The van der Waals surface area contributed by atoms with Crippen molar-refractivity contribution in [1.82, 2.24) is 5.32 Å². The molecular weight excluding hydrogens is 198 g/mol. The van der Waals surface area contributed by atoms with Crippen molar-refractivity contribution in [3.05, 3.63) is 34.9 Å². The van der Waals surface area contributed by atoms with E-state index in [9.17, 15) is 4.79 Å². The number of rotatable bonds is 3. The van der Waals surface area contributed by atoms with Gasteiger partial charge in [0.1, 0.15) is 0 Å². The van der Waals surface area contributed by atoms with Crippen molar-refractivity contribution in [1.29, 1.82) is 0 Å². The molecule has 0 amide bonds. The van der Waals surface area contributed by atoms with E-state index in [4.69, 9.17) is 0 Å². The first-order chi connectivity index (χ1) is 7.59. The van der Waals surface area contributed by atoms with Crippen molar-refractivity contribution in [3.63, 3.8) is 0 Å². The molecule has 0 radical (unpaired) electrons. The average Bonchev–Trinajstić information content (AvgIpc) is 2.18. The van der Waals surface area contributed by atoms with Gasteiger partial charge in [-0.05, 0) is 44.5 Å². The van der Waals surface area contributed by atoms with E-state index in [2.05, 4.69) is 18.3 Å². The van der Waals surface area contributed by atoms with Gasteiger partial charge in [0.2, 0.25) is 0 Å². The van der Waals surface area contributed by atoms with Gasteiger partial charge in [-0.2, -0.15) is 0 Å². The quantitative estimate of drug-likeness (QED) is 0.787. The normalized spacial score (nSPS) is 17.9. The summed E-state index contributed by atoms with van der Waals surface area (Å²) in [5.41, 5.74) is 3.15. The second-order valence-electron chi connectivity index (χ2n) is 4.89. The van der Waals surface area contributed by atoms with Gasteiger partial charge in [0.05, 0.1) is 0 Å². The Labute approximate surface area is 97.1 Å². The lowest BCUT2D eigenvalue weighted by atomic mass is 9.82. The highest BCUT2D eigenvalue weighted by atomic mass is 16.1. The lowest BCUT2D eigenvalue weighted by molar-refractivity contribution is 0.0853. The van der Waals surface area contributed by atoms with Crippen LogP contribution < -0.4 is 5.32 Å². The molecule has 1 aromatic carbocycles. The minimum absolute atomic E-state index is 0.141. The highest BCUT2D eigenvalue weighted by Crippen LogP contribution is 2.23. The molecule has 2 nitrogen and oxygen atoms in total. The first kappa shape index (κ1) is 11.3. The molecule has 0 aromatic heterocycles. The zero-order chi connectivity index (χ0) is 11.7. The third-order valence-corrected chi connectivity index (χ3v) is 3.59. The molecule has 1 fully saturated rings. The lowest BCUT2D eigenvalue weighted by Crippen LogP contribution is -2.47. The minimum atomic E-state index is 0.141. The smallest absolute Gasteiger partial charge is 0.166 e. The van der Waals surface area contributed by atoms with Crippen molar-refractivity contribution in [2.24, 2.45) is 11.8 Å². The van der Waals surface area contributed by atoms with Crippen molar-refractivity contribution in [2.75, 3.05) is 13.1 Å². The molecule has 0 aliphatic carbocycles. The summed E-state index contributed by atoms with van der Waals surface area (Å²) < 4.78 is 0. The van der Waals surface area contributed by atoms with Crippen LogP contribution in [0, 0.1) is 25.7 Å². The fraction of sp³-hybridized carbons (Fsp3) is 0.500. The predicted molar refractivity (Wildman–Crippen MR) is 65.8 cm³/mol. The maximum absolute atomic E-state index is 12.3. The Kier molecular flexibility index (Phi) is 3.10. The van der Waals surface area contributed by atoms with E-state index < -0.39 is 0 Å². The number of carbonyl (C=O) groups excluding carboxylic acids is 1. The third kappa shape index (κ3) is 2.03. The van der Waals surface area contributed by atoms with Crippen LogP contribution in [0.5, 0.6) is 0 Å². The van der Waals surface area contributed by atoms with E-state index in [1.165, 1.54) is 0 Å². The number of ketones is 1. The van der Waals surface area contributed by atoms with Crippen LogP contribution in [-0.4, -0.2) is 18.9 Å². The maximum atomic E-state index is 12.3. The number of hydrogen-bond donors (Lipinski definition) is 1. The minimum Gasteiger partial charge on any atom is -0.316 e. The van der Waals surface area contributed by atoms with Crippen LogP contribution in [0.15, 0.2) is 18.2 Å². The van der Waals surface area contributed by atoms with E-state index in [1.807, 2.05) is 26.0 Å². The van der Waals surface area contributed by atoms with Crippen LogP contribution in [0.4, 0.5) is 0 Å². The number of benzene rings is 1. The summed E-state index contributed by atoms with van der Waals surface area (Å²) >= 11 is 0. The molecule has 0 bridgehead atoms. The number of nitrogens with one attached hydrogen (secondary N) is 1. The Morgan fingerprint density at radius 2 is 2.06 bits per heavy atom. The summed E-state index contributed by atoms with van der Waals surface area (Å²) in [6.45, 7) is 8.06. The Balaban J connectivity index is 2.22. The number of hydrogen-bond acceptors (Lipinski definition) is 2. The molecule has 0 spiro atoms. The molecule has 1 heterocycles. The summed E-state index contributed by atoms with van der Waals surface area (Å²) in [4.78, 5) is 12.3. The fourth-order valence-corrected chi connectivity index (χ4v) is 2.13. The van der Waals surface area contributed by atoms with E-state index >= 15 is 0 Å². The lowest BCUT2D eigenvalue weighted by Gasteiger charge is -2.32. The van der Waals surface area contributed by atoms with Gasteiger partial charge < -0.3 is 5.32 Å². The van der Waals surface area contributed by atoms with Gasteiger partial charge in [0.25, 0.3) is 0 Å². The second-order valence-corrected chi connectivity index (χ2v) is 4.89. The molecule has 1 unspecified atom stereocenters. The first-order valence-electron chi connectivity index (χ1n) is 5.92. The average molecular weight is 217 g/mol. The zero-order valence-corrected chi connectivity index (χ0v) is 10.2. The zero-order valence-electron chi connectivity index (χ0n) is 10.2.